The van der Waals surface area contributed by atoms with Crippen LogP contribution in [-0.4, -0.2) is 20.1 Å². The molecule has 0 bridgehead atoms. The van der Waals surface area contributed by atoms with E-state index in [2.05, 4.69) is 84.9 Å². The Labute approximate surface area is 122 Å². The maximum Gasteiger partial charge on any atom is 0.0364 e. The van der Waals surface area contributed by atoms with Gasteiger partial charge in [-0.2, -0.15) is 0 Å². The van der Waals surface area contributed by atoms with Crippen LogP contribution in [-0.2, 0) is 0 Å². The number of rotatable bonds is 7. The second-order valence-corrected chi connectivity index (χ2v) is 5.08. The number of hydrogen-bond acceptors (Lipinski definition) is 2. The fourth-order valence-corrected chi connectivity index (χ4v) is 2.40. The lowest BCUT2D eigenvalue weighted by atomic mass is 10.0. The van der Waals surface area contributed by atoms with Crippen LogP contribution in [0.4, 0.5) is 5.69 Å². The fourth-order valence-electron chi connectivity index (χ4n) is 2.40. The molecule has 0 aromatic heterocycles. The van der Waals surface area contributed by atoms with Crippen molar-refractivity contribution in [2.24, 2.45) is 0 Å². The van der Waals surface area contributed by atoms with Gasteiger partial charge in [0.2, 0.25) is 0 Å². The summed E-state index contributed by atoms with van der Waals surface area (Å²) in [6.45, 7) is 4.22. The van der Waals surface area contributed by atoms with Crippen LogP contribution in [0.5, 0.6) is 0 Å². The van der Waals surface area contributed by atoms with Crippen molar-refractivity contribution in [1.82, 2.24) is 5.32 Å². The molecule has 1 atom stereocenters. The van der Waals surface area contributed by atoms with Gasteiger partial charge in [-0.1, -0.05) is 55.5 Å². The lowest BCUT2D eigenvalue weighted by Gasteiger charge is -2.22. The maximum absolute atomic E-state index is 3.64. The van der Waals surface area contributed by atoms with Crippen molar-refractivity contribution >= 4 is 5.69 Å². The zero-order valence-corrected chi connectivity index (χ0v) is 12.4. The number of benzene rings is 2. The lowest BCUT2D eigenvalue weighted by Crippen LogP contribution is -2.31. The van der Waals surface area contributed by atoms with E-state index >= 15 is 0 Å². The molecule has 106 valence electrons. The van der Waals surface area contributed by atoms with Crippen molar-refractivity contribution in [1.29, 1.82) is 0 Å². The van der Waals surface area contributed by atoms with E-state index < -0.39 is 0 Å². The Morgan fingerprint density at radius 2 is 1.55 bits per heavy atom. The topological polar surface area (TPSA) is 15.3 Å². The van der Waals surface area contributed by atoms with Crippen molar-refractivity contribution in [2.75, 3.05) is 25.0 Å². The Kier molecular flexibility index (Phi) is 5.63. The summed E-state index contributed by atoms with van der Waals surface area (Å²) >= 11 is 0. The summed E-state index contributed by atoms with van der Waals surface area (Å²) in [5.74, 6) is 0. The number of likely N-dealkylation sites (N-methyl/N-ethyl adjacent to an activating group) is 1. The van der Waals surface area contributed by atoms with E-state index in [0.717, 1.165) is 19.5 Å². The molecule has 0 saturated carbocycles. The first-order valence-corrected chi connectivity index (χ1v) is 7.35. The summed E-state index contributed by atoms with van der Waals surface area (Å²) < 4.78 is 0. The number of para-hydroxylation sites is 1. The summed E-state index contributed by atoms with van der Waals surface area (Å²) in [5.41, 5.74) is 2.64. The first kappa shape index (κ1) is 14.6. The molecule has 0 aliphatic heterocycles. The van der Waals surface area contributed by atoms with Gasteiger partial charge in [0, 0.05) is 31.9 Å². The molecule has 0 fully saturated rings. The average Bonchev–Trinajstić information content (AvgIpc) is 2.53. The minimum atomic E-state index is 0.445. The van der Waals surface area contributed by atoms with Gasteiger partial charge in [-0.05, 0) is 24.1 Å². The molecule has 0 aliphatic rings. The molecule has 0 heterocycles. The van der Waals surface area contributed by atoms with Crippen molar-refractivity contribution in [2.45, 2.75) is 19.4 Å². The standard InChI is InChI=1S/C18H24N2/c1-3-18(16-10-6-4-7-11-16)19-14-15-20(2)17-12-8-5-9-13-17/h4-13,18-19H,3,14-15H2,1-2H3. The zero-order chi connectivity index (χ0) is 14.2. The van der Waals surface area contributed by atoms with E-state index in [4.69, 9.17) is 0 Å². The lowest BCUT2D eigenvalue weighted by molar-refractivity contribution is 0.523. The van der Waals surface area contributed by atoms with Crippen LogP contribution in [0.3, 0.4) is 0 Å². The highest BCUT2D eigenvalue weighted by molar-refractivity contribution is 5.44. The summed E-state index contributed by atoms with van der Waals surface area (Å²) in [6, 6.07) is 21.6. The summed E-state index contributed by atoms with van der Waals surface area (Å²) in [4.78, 5) is 2.28. The smallest absolute Gasteiger partial charge is 0.0364 e. The Balaban J connectivity index is 1.83. The second kappa shape index (κ2) is 7.71. The molecule has 20 heavy (non-hydrogen) atoms. The summed E-state index contributed by atoms with van der Waals surface area (Å²) in [5, 5.41) is 3.64. The van der Waals surface area contributed by atoms with Crippen molar-refractivity contribution in [3.05, 3.63) is 66.2 Å². The highest BCUT2D eigenvalue weighted by Gasteiger charge is 2.08. The average molecular weight is 268 g/mol. The normalized spacial score (nSPS) is 12.1. The first-order valence-electron chi connectivity index (χ1n) is 7.35. The number of hydrogen-bond donors (Lipinski definition) is 1. The summed E-state index contributed by atoms with van der Waals surface area (Å²) in [7, 11) is 2.14. The third-order valence-electron chi connectivity index (χ3n) is 3.65. The molecule has 0 radical (unpaired) electrons. The Hall–Kier alpha value is -1.80. The van der Waals surface area contributed by atoms with Crippen LogP contribution >= 0.6 is 0 Å². The largest absolute Gasteiger partial charge is 0.373 e. The monoisotopic (exact) mass is 268 g/mol. The number of nitrogens with one attached hydrogen (secondary N) is 1. The molecule has 2 aromatic carbocycles. The molecule has 1 unspecified atom stereocenters. The summed E-state index contributed by atoms with van der Waals surface area (Å²) in [6.07, 6.45) is 1.11. The second-order valence-electron chi connectivity index (χ2n) is 5.08. The Bertz CT molecular complexity index is 481. The molecular formula is C18H24N2. The maximum atomic E-state index is 3.64. The van der Waals surface area contributed by atoms with Gasteiger partial charge >= 0.3 is 0 Å². The van der Waals surface area contributed by atoms with E-state index in [1.54, 1.807) is 0 Å². The van der Waals surface area contributed by atoms with Crippen molar-refractivity contribution in [3.63, 3.8) is 0 Å². The Morgan fingerprint density at radius 3 is 2.15 bits per heavy atom. The van der Waals surface area contributed by atoms with E-state index in [1.165, 1.54) is 11.3 Å². The van der Waals surface area contributed by atoms with Gasteiger partial charge in [0.05, 0.1) is 0 Å². The van der Waals surface area contributed by atoms with Gasteiger partial charge in [-0.3, -0.25) is 0 Å². The van der Waals surface area contributed by atoms with Crippen LogP contribution in [0.1, 0.15) is 24.9 Å². The molecule has 0 aliphatic carbocycles. The van der Waals surface area contributed by atoms with Crippen LogP contribution in [0.2, 0.25) is 0 Å². The molecule has 0 saturated heterocycles. The number of nitrogens with zero attached hydrogens (tertiary/aromatic N) is 1. The molecule has 0 amide bonds. The van der Waals surface area contributed by atoms with Crippen LogP contribution in [0, 0.1) is 0 Å². The third-order valence-corrected chi connectivity index (χ3v) is 3.65. The van der Waals surface area contributed by atoms with Gasteiger partial charge in [0.25, 0.3) is 0 Å². The van der Waals surface area contributed by atoms with Crippen LogP contribution < -0.4 is 10.2 Å². The zero-order valence-electron chi connectivity index (χ0n) is 12.4. The molecule has 2 nitrogen and oxygen atoms in total. The van der Waals surface area contributed by atoms with Gasteiger partial charge in [-0.25, -0.2) is 0 Å². The number of anilines is 1. The quantitative estimate of drug-likeness (QED) is 0.820. The fraction of sp³-hybridized carbons (Fsp3) is 0.333. The minimum Gasteiger partial charge on any atom is -0.373 e. The van der Waals surface area contributed by atoms with Crippen LogP contribution in [0.15, 0.2) is 60.7 Å². The van der Waals surface area contributed by atoms with Gasteiger partial charge in [-0.15, -0.1) is 0 Å². The van der Waals surface area contributed by atoms with Gasteiger partial charge < -0.3 is 10.2 Å². The third kappa shape index (κ3) is 4.10. The van der Waals surface area contributed by atoms with E-state index in [1.807, 2.05) is 0 Å². The van der Waals surface area contributed by atoms with Crippen molar-refractivity contribution in [3.8, 4) is 0 Å². The van der Waals surface area contributed by atoms with Gasteiger partial charge in [0.1, 0.15) is 0 Å². The SMILES string of the molecule is CCC(NCCN(C)c1ccccc1)c1ccccc1. The van der Waals surface area contributed by atoms with E-state index in [9.17, 15) is 0 Å². The minimum absolute atomic E-state index is 0.445. The highest BCUT2D eigenvalue weighted by atomic mass is 15.1. The highest BCUT2D eigenvalue weighted by Crippen LogP contribution is 2.16. The molecule has 2 aromatic rings. The van der Waals surface area contributed by atoms with Crippen LogP contribution in [0.25, 0.3) is 0 Å². The predicted octanol–water partition coefficient (Wildman–Crippen LogP) is 3.86. The van der Waals surface area contributed by atoms with Gasteiger partial charge in [0.15, 0.2) is 0 Å². The predicted molar refractivity (Wildman–Crippen MR) is 87.2 cm³/mol. The Morgan fingerprint density at radius 1 is 0.950 bits per heavy atom. The van der Waals surface area contributed by atoms with E-state index in [-0.39, 0.29) is 0 Å². The van der Waals surface area contributed by atoms with Crippen molar-refractivity contribution < 1.29 is 0 Å². The molecule has 1 N–H and O–H groups in total. The molecule has 2 heteroatoms. The molecular weight excluding hydrogens is 244 g/mol. The molecule has 0 spiro atoms. The van der Waals surface area contributed by atoms with E-state index in [0.29, 0.717) is 6.04 Å². The molecule has 2 rings (SSSR count). The first-order chi connectivity index (χ1) is 9.81.